The van der Waals surface area contributed by atoms with Crippen LogP contribution in [0.25, 0.3) is 0 Å². The zero-order chi connectivity index (χ0) is 21.6. The molecule has 0 aliphatic heterocycles. The largest absolute Gasteiger partial charge is 0.299 e. The van der Waals surface area contributed by atoms with E-state index in [1.165, 1.54) is 17.7 Å². The maximum absolute atomic E-state index is 14.1. The van der Waals surface area contributed by atoms with E-state index in [1.54, 1.807) is 6.07 Å². The molecule has 2 atom stereocenters. The predicted octanol–water partition coefficient (Wildman–Crippen LogP) is 6.61. The molecule has 1 fully saturated rings. The fourth-order valence-electron chi connectivity index (χ4n) is 5.12. The quantitative estimate of drug-likeness (QED) is 0.465. The number of halogens is 2. The van der Waals surface area contributed by atoms with E-state index in [0.717, 1.165) is 45.1 Å². The summed E-state index contributed by atoms with van der Waals surface area (Å²) < 4.78 is 27.7. The minimum absolute atomic E-state index is 0.198. The topological polar surface area (TPSA) is 27.0 Å². The van der Waals surface area contributed by atoms with Gasteiger partial charge in [0.25, 0.3) is 0 Å². The van der Waals surface area contributed by atoms with E-state index < -0.39 is 17.0 Å². The summed E-state index contributed by atoms with van der Waals surface area (Å²) in [6.07, 6.45) is 6.64. The maximum atomic E-state index is 14.1. The van der Waals surface area contributed by atoms with Crippen LogP contribution in [0.5, 0.6) is 0 Å². The van der Waals surface area contributed by atoms with Crippen molar-refractivity contribution in [1.82, 2.24) is 4.90 Å². The van der Waals surface area contributed by atoms with Crippen LogP contribution in [-0.2, 0) is 12.0 Å². The molecule has 0 heterocycles. The van der Waals surface area contributed by atoms with Crippen molar-refractivity contribution in [3.8, 4) is 6.07 Å². The van der Waals surface area contributed by atoms with E-state index in [4.69, 9.17) is 0 Å². The summed E-state index contributed by atoms with van der Waals surface area (Å²) in [7, 11) is 2.13. The van der Waals surface area contributed by atoms with Gasteiger partial charge in [0.15, 0.2) is 11.6 Å². The lowest BCUT2D eigenvalue weighted by Crippen LogP contribution is -2.37. The van der Waals surface area contributed by atoms with E-state index in [1.807, 2.05) is 18.2 Å². The Balaban J connectivity index is 1.81. The second kappa shape index (κ2) is 10.2. The molecule has 0 aromatic heterocycles. The van der Waals surface area contributed by atoms with Gasteiger partial charge in [-0.3, -0.25) is 4.90 Å². The molecule has 0 saturated heterocycles. The first kappa shape index (κ1) is 22.4. The van der Waals surface area contributed by atoms with Crippen LogP contribution in [0.15, 0.2) is 48.5 Å². The number of benzene rings is 2. The third-order valence-corrected chi connectivity index (χ3v) is 6.93. The predicted molar refractivity (Wildman–Crippen MR) is 117 cm³/mol. The fourth-order valence-corrected chi connectivity index (χ4v) is 5.12. The molecule has 3 rings (SSSR count). The Morgan fingerprint density at radius 3 is 2.40 bits per heavy atom. The molecule has 0 radical (unpaired) electrons. The molecule has 1 aliphatic carbocycles. The summed E-state index contributed by atoms with van der Waals surface area (Å²) >= 11 is 0. The van der Waals surface area contributed by atoms with Crippen molar-refractivity contribution >= 4 is 0 Å². The van der Waals surface area contributed by atoms with Crippen molar-refractivity contribution < 1.29 is 8.78 Å². The van der Waals surface area contributed by atoms with E-state index in [-0.39, 0.29) is 5.92 Å². The first-order valence-electron chi connectivity index (χ1n) is 11.1. The summed E-state index contributed by atoms with van der Waals surface area (Å²) in [5.74, 6) is -1.52. The second-order valence-corrected chi connectivity index (χ2v) is 8.69. The average Bonchev–Trinajstić information content (AvgIpc) is 3.30. The van der Waals surface area contributed by atoms with Gasteiger partial charge in [-0.25, -0.2) is 8.78 Å². The molecule has 0 N–H and O–H groups in total. The van der Waals surface area contributed by atoms with Crippen molar-refractivity contribution in [2.24, 2.45) is 5.92 Å². The van der Waals surface area contributed by atoms with Crippen LogP contribution in [0.1, 0.15) is 63.0 Å². The van der Waals surface area contributed by atoms with Crippen molar-refractivity contribution in [3.63, 3.8) is 0 Å². The minimum atomic E-state index is -0.863. The van der Waals surface area contributed by atoms with Gasteiger partial charge in [0.05, 0.1) is 11.5 Å². The molecular weight excluding hydrogens is 378 g/mol. The standard InChI is InChI=1S/C26H32F2N2/c1-3-23(30(2)18-20-9-5-4-6-10-20)15-16-26(19-29,21-11-7-8-12-21)22-13-14-24(27)25(28)17-22/h4-6,9-10,13-14,17,21,23H,3,7-8,11-12,15-16,18H2,1-2H3. The fraction of sp³-hybridized carbons (Fsp3) is 0.500. The SMILES string of the molecule is CCC(CCC(C#N)(c1ccc(F)c(F)c1)C1CCCC1)N(C)Cc1ccccc1. The molecule has 0 amide bonds. The van der Waals surface area contributed by atoms with E-state index in [2.05, 4.69) is 37.1 Å². The number of nitriles is 1. The molecule has 0 bridgehead atoms. The van der Waals surface area contributed by atoms with Gasteiger partial charge in [-0.15, -0.1) is 0 Å². The summed E-state index contributed by atoms with van der Waals surface area (Å²) in [6.45, 7) is 3.03. The Morgan fingerprint density at radius 1 is 1.10 bits per heavy atom. The first-order chi connectivity index (χ1) is 14.5. The van der Waals surface area contributed by atoms with Crippen LogP contribution < -0.4 is 0 Å². The number of rotatable bonds is 9. The Labute approximate surface area is 179 Å². The zero-order valence-corrected chi connectivity index (χ0v) is 18.1. The van der Waals surface area contributed by atoms with E-state index in [9.17, 15) is 14.0 Å². The van der Waals surface area contributed by atoms with Gasteiger partial charge in [0.1, 0.15) is 0 Å². The lowest BCUT2D eigenvalue weighted by Gasteiger charge is -2.36. The van der Waals surface area contributed by atoms with Gasteiger partial charge in [-0.1, -0.05) is 56.2 Å². The van der Waals surface area contributed by atoms with E-state index >= 15 is 0 Å². The molecule has 2 nitrogen and oxygen atoms in total. The van der Waals surface area contributed by atoms with Gasteiger partial charge in [0.2, 0.25) is 0 Å². The highest BCUT2D eigenvalue weighted by Gasteiger charge is 2.42. The number of hydrogen-bond acceptors (Lipinski definition) is 2. The Bertz CT molecular complexity index is 855. The van der Waals surface area contributed by atoms with Gasteiger partial charge in [-0.05, 0) is 68.3 Å². The number of nitrogens with zero attached hydrogens (tertiary/aromatic N) is 2. The van der Waals surface area contributed by atoms with Crippen LogP contribution in [0.2, 0.25) is 0 Å². The van der Waals surface area contributed by atoms with Crippen LogP contribution in [0, 0.1) is 28.9 Å². The third-order valence-electron chi connectivity index (χ3n) is 6.93. The second-order valence-electron chi connectivity index (χ2n) is 8.69. The van der Waals surface area contributed by atoms with Crippen molar-refractivity contribution in [1.29, 1.82) is 5.26 Å². The molecule has 2 aromatic carbocycles. The van der Waals surface area contributed by atoms with E-state index in [0.29, 0.717) is 18.0 Å². The Hall–Kier alpha value is -2.25. The van der Waals surface area contributed by atoms with Crippen LogP contribution in [0.4, 0.5) is 8.78 Å². The lowest BCUT2D eigenvalue weighted by atomic mass is 9.67. The Morgan fingerprint density at radius 2 is 1.80 bits per heavy atom. The van der Waals surface area contributed by atoms with Gasteiger partial charge in [0, 0.05) is 12.6 Å². The molecule has 30 heavy (non-hydrogen) atoms. The molecular formula is C26H32F2N2. The van der Waals surface area contributed by atoms with Gasteiger partial charge in [-0.2, -0.15) is 5.26 Å². The van der Waals surface area contributed by atoms with Crippen molar-refractivity contribution in [2.75, 3.05) is 7.05 Å². The summed E-state index contributed by atoms with van der Waals surface area (Å²) in [5, 5.41) is 10.3. The first-order valence-corrected chi connectivity index (χ1v) is 11.1. The van der Waals surface area contributed by atoms with Crippen LogP contribution >= 0.6 is 0 Å². The van der Waals surface area contributed by atoms with Gasteiger partial charge >= 0.3 is 0 Å². The summed E-state index contributed by atoms with van der Waals surface area (Å²) in [5.41, 5.74) is 1.14. The summed E-state index contributed by atoms with van der Waals surface area (Å²) in [4.78, 5) is 2.34. The number of hydrogen-bond donors (Lipinski definition) is 0. The van der Waals surface area contributed by atoms with Gasteiger partial charge < -0.3 is 0 Å². The molecule has 1 saturated carbocycles. The molecule has 160 valence electrons. The maximum Gasteiger partial charge on any atom is 0.159 e. The van der Waals surface area contributed by atoms with Crippen LogP contribution in [0.3, 0.4) is 0 Å². The highest BCUT2D eigenvalue weighted by Crippen LogP contribution is 2.46. The Kier molecular flexibility index (Phi) is 7.61. The van der Waals surface area contributed by atoms with Crippen molar-refractivity contribution in [2.45, 2.75) is 69.9 Å². The molecule has 0 spiro atoms. The minimum Gasteiger partial charge on any atom is -0.299 e. The zero-order valence-electron chi connectivity index (χ0n) is 18.1. The highest BCUT2D eigenvalue weighted by molar-refractivity contribution is 5.35. The van der Waals surface area contributed by atoms with Crippen molar-refractivity contribution in [3.05, 3.63) is 71.3 Å². The molecule has 1 aliphatic rings. The monoisotopic (exact) mass is 410 g/mol. The third kappa shape index (κ3) is 4.90. The lowest BCUT2D eigenvalue weighted by molar-refractivity contribution is 0.193. The summed E-state index contributed by atoms with van der Waals surface area (Å²) in [6, 6.07) is 17.3. The smallest absolute Gasteiger partial charge is 0.159 e. The molecule has 4 heteroatoms. The molecule has 2 aromatic rings. The van der Waals surface area contributed by atoms with Crippen LogP contribution in [-0.4, -0.2) is 18.0 Å². The molecule has 2 unspecified atom stereocenters. The average molecular weight is 411 g/mol. The highest BCUT2D eigenvalue weighted by atomic mass is 19.2. The normalized spacial score (nSPS) is 17.6.